The number of rotatable bonds is 8. The molecule has 2 heterocycles. The van der Waals surface area contributed by atoms with E-state index >= 15 is 0 Å². The molecule has 32 heavy (non-hydrogen) atoms. The molecular formula is C24H32N4O4. The Labute approximate surface area is 189 Å². The summed E-state index contributed by atoms with van der Waals surface area (Å²) in [6.45, 7) is 7.36. The van der Waals surface area contributed by atoms with Crippen LogP contribution in [0.25, 0.3) is 0 Å². The molecule has 0 aliphatic carbocycles. The second-order valence-corrected chi connectivity index (χ2v) is 7.65. The average Bonchev–Trinajstić information content (AvgIpc) is 3.34. The zero-order valence-corrected chi connectivity index (χ0v) is 18.8. The molecule has 8 nitrogen and oxygen atoms in total. The van der Waals surface area contributed by atoms with E-state index in [9.17, 15) is 9.59 Å². The lowest BCUT2D eigenvalue weighted by molar-refractivity contribution is -0.149. The van der Waals surface area contributed by atoms with Crippen LogP contribution >= 0.6 is 0 Å². The highest BCUT2D eigenvalue weighted by Gasteiger charge is 2.27. The molecule has 0 bridgehead atoms. The molecular weight excluding hydrogens is 408 g/mol. The van der Waals surface area contributed by atoms with Gasteiger partial charge in [-0.2, -0.15) is 0 Å². The lowest BCUT2D eigenvalue weighted by Crippen LogP contribution is -2.46. The van der Waals surface area contributed by atoms with Crippen LogP contribution in [0.15, 0.2) is 52.1 Å². The second kappa shape index (κ2) is 11.9. The van der Waals surface area contributed by atoms with Crippen LogP contribution in [0, 0.1) is 5.92 Å². The van der Waals surface area contributed by atoms with E-state index < -0.39 is 0 Å². The van der Waals surface area contributed by atoms with Crippen molar-refractivity contribution in [3.63, 3.8) is 0 Å². The Morgan fingerprint density at radius 3 is 2.66 bits per heavy atom. The minimum absolute atomic E-state index is 0.0366. The molecule has 1 aromatic carbocycles. The van der Waals surface area contributed by atoms with Crippen molar-refractivity contribution in [1.82, 2.24) is 15.5 Å². The number of guanidine groups is 1. The molecule has 1 aliphatic rings. The topological polar surface area (TPSA) is 96.2 Å². The van der Waals surface area contributed by atoms with Crippen molar-refractivity contribution in [2.24, 2.45) is 10.9 Å². The molecule has 0 atom stereocenters. The number of furan rings is 1. The molecule has 1 amide bonds. The second-order valence-electron chi connectivity index (χ2n) is 7.65. The van der Waals surface area contributed by atoms with E-state index in [1.807, 2.05) is 38.1 Å². The number of ether oxygens (including phenoxy) is 1. The summed E-state index contributed by atoms with van der Waals surface area (Å²) in [5.74, 6) is 1.24. The zero-order chi connectivity index (χ0) is 22.8. The van der Waals surface area contributed by atoms with Crippen LogP contribution in [-0.2, 0) is 22.6 Å². The van der Waals surface area contributed by atoms with E-state index in [1.165, 1.54) is 0 Å². The summed E-state index contributed by atoms with van der Waals surface area (Å²) in [4.78, 5) is 31.4. The molecule has 0 saturated carbocycles. The Morgan fingerprint density at radius 2 is 1.97 bits per heavy atom. The number of carbonyl (C=O) groups excluding carboxylic acids is 2. The normalized spacial score (nSPS) is 14.8. The van der Waals surface area contributed by atoms with Crippen molar-refractivity contribution >= 4 is 17.8 Å². The van der Waals surface area contributed by atoms with Gasteiger partial charge in [0.15, 0.2) is 5.96 Å². The van der Waals surface area contributed by atoms with Gasteiger partial charge in [0, 0.05) is 25.2 Å². The first-order valence-electron chi connectivity index (χ1n) is 11.2. The van der Waals surface area contributed by atoms with Crippen molar-refractivity contribution in [1.29, 1.82) is 0 Å². The first-order chi connectivity index (χ1) is 15.6. The number of aliphatic imine (C=N–C) groups is 1. The Hall–Kier alpha value is -3.29. The fourth-order valence-corrected chi connectivity index (χ4v) is 3.67. The summed E-state index contributed by atoms with van der Waals surface area (Å²) < 4.78 is 10.4. The van der Waals surface area contributed by atoms with Crippen LogP contribution in [0.1, 0.15) is 48.4 Å². The van der Waals surface area contributed by atoms with E-state index in [0.717, 1.165) is 44.0 Å². The number of amides is 1. The maximum absolute atomic E-state index is 12.5. The van der Waals surface area contributed by atoms with Gasteiger partial charge < -0.3 is 24.7 Å². The highest BCUT2D eigenvalue weighted by atomic mass is 16.5. The third kappa shape index (κ3) is 6.60. The highest BCUT2D eigenvalue weighted by molar-refractivity contribution is 5.94. The minimum Gasteiger partial charge on any atom is -0.467 e. The van der Waals surface area contributed by atoms with Gasteiger partial charge in [-0.1, -0.05) is 12.1 Å². The minimum atomic E-state index is -0.153. The Bertz CT molecular complexity index is 902. The number of hydrogen-bond acceptors (Lipinski definition) is 5. The number of piperidine rings is 1. The predicted molar refractivity (Wildman–Crippen MR) is 122 cm³/mol. The third-order valence-electron chi connectivity index (χ3n) is 5.35. The first kappa shape index (κ1) is 23.4. The number of benzene rings is 1. The average molecular weight is 441 g/mol. The van der Waals surface area contributed by atoms with Gasteiger partial charge in [-0.25, -0.2) is 4.99 Å². The lowest BCUT2D eigenvalue weighted by atomic mass is 9.97. The highest BCUT2D eigenvalue weighted by Crippen LogP contribution is 2.19. The van der Waals surface area contributed by atoms with Crippen LogP contribution in [0.5, 0.6) is 0 Å². The molecule has 1 aromatic heterocycles. The number of esters is 1. The largest absolute Gasteiger partial charge is 0.467 e. The summed E-state index contributed by atoms with van der Waals surface area (Å²) in [5.41, 5.74) is 1.54. The van der Waals surface area contributed by atoms with Crippen molar-refractivity contribution in [2.75, 3.05) is 26.2 Å². The fourth-order valence-electron chi connectivity index (χ4n) is 3.67. The molecule has 2 N–H and O–H groups in total. The van der Waals surface area contributed by atoms with Crippen LogP contribution in [0.2, 0.25) is 0 Å². The molecule has 8 heteroatoms. The number of carbonyl (C=O) groups is 2. The molecule has 0 radical (unpaired) electrons. The van der Waals surface area contributed by atoms with Gasteiger partial charge in [-0.05, 0) is 56.5 Å². The predicted octanol–water partition coefficient (Wildman–Crippen LogP) is 2.95. The Balaban J connectivity index is 1.58. The SMILES string of the molecule is CCNC(=NCc1cccc(C(=O)NCc2ccco2)c1)N1CCC(C(=O)OCC)CC1. The summed E-state index contributed by atoms with van der Waals surface area (Å²) in [7, 11) is 0. The Kier molecular flexibility index (Phi) is 8.71. The van der Waals surface area contributed by atoms with Gasteiger partial charge in [0.25, 0.3) is 5.91 Å². The third-order valence-corrected chi connectivity index (χ3v) is 5.35. The molecule has 0 spiro atoms. The van der Waals surface area contributed by atoms with Crippen LogP contribution in [0.4, 0.5) is 0 Å². The van der Waals surface area contributed by atoms with Crippen molar-refractivity contribution < 1.29 is 18.7 Å². The van der Waals surface area contributed by atoms with Gasteiger partial charge in [-0.3, -0.25) is 9.59 Å². The van der Waals surface area contributed by atoms with E-state index in [1.54, 1.807) is 18.4 Å². The van der Waals surface area contributed by atoms with Crippen LogP contribution in [-0.4, -0.2) is 49.0 Å². The standard InChI is InChI=1S/C24H32N4O4/c1-3-25-24(28-12-10-19(11-13-28)23(30)31-4-2)27-16-18-7-5-8-20(15-18)22(29)26-17-21-9-6-14-32-21/h5-9,14-15,19H,3-4,10-13,16-17H2,1-2H3,(H,25,27)(H,26,29). The van der Waals surface area contributed by atoms with Gasteiger partial charge in [-0.15, -0.1) is 0 Å². The lowest BCUT2D eigenvalue weighted by Gasteiger charge is -2.33. The maximum atomic E-state index is 12.5. The first-order valence-corrected chi connectivity index (χ1v) is 11.2. The fraction of sp³-hybridized carbons (Fsp3) is 0.458. The quantitative estimate of drug-likeness (QED) is 0.372. The molecule has 2 aromatic rings. The summed E-state index contributed by atoms with van der Waals surface area (Å²) in [5, 5.41) is 6.20. The van der Waals surface area contributed by atoms with Gasteiger partial charge in [0.2, 0.25) is 0 Å². The number of hydrogen-bond donors (Lipinski definition) is 2. The maximum Gasteiger partial charge on any atom is 0.309 e. The van der Waals surface area contributed by atoms with Crippen LogP contribution < -0.4 is 10.6 Å². The van der Waals surface area contributed by atoms with Gasteiger partial charge >= 0.3 is 5.97 Å². The zero-order valence-electron chi connectivity index (χ0n) is 18.8. The summed E-state index contributed by atoms with van der Waals surface area (Å²) in [6, 6.07) is 11.1. The van der Waals surface area contributed by atoms with E-state index in [2.05, 4.69) is 15.5 Å². The van der Waals surface area contributed by atoms with Crippen LogP contribution in [0.3, 0.4) is 0 Å². The molecule has 1 aliphatic heterocycles. The van der Waals surface area contributed by atoms with E-state index in [4.69, 9.17) is 14.1 Å². The van der Waals surface area contributed by atoms with Gasteiger partial charge in [0.05, 0.1) is 31.9 Å². The number of nitrogens with one attached hydrogen (secondary N) is 2. The molecule has 1 saturated heterocycles. The molecule has 1 fully saturated rings. The molecule has 172 valence electrons. The monoisotopic (exact) mass is 440 g/mol. The number of nitrogens with zero attached hydrogens (tertiary/aromatic N) is 2. The smallest absolute Gasteiger partial charge is 0.309 e. The summed E-state index contributed by atoms with van der Waals surface area (Å²) in [6.07, 6.45) is 3.10. The van der Waals surface area contributed by atoms with Crippen molar-refractivity contribution in [3.8, 4) is 0 Å². The van der Waals surface area contributed by atoms with Crippen molar-refractivity contribution in [2.45, 2.75) is 39.8 Å². The van der Waals surface area contributed by atoms with E-state index in [0.29, 0.717) is 31.0 Å². The van der Waals surface area contributed by atoms with E-state index in [-0.39, 0.29) is 17.8 Å². The molecule has 0 unspecified atom stereocenters. The summed E-state index contributed by atoms with van der Waals surface area (Å²) >= 11 is 0. The molecule has 3 rings (SSSR count). The van der Waals surface area contributed by atoms with Gasteiger partial charge in [0.1, 0.15) is 5.76 Å². The number of likely N-dealkylation sites (tertiary alicyclic amines) is 1. The van der Waals surface area contributed by atoms with Crippen molar-refractivity contribution in [3.05, 3.63) is 59.5 Å². The Morgan fingerprint density at radius 1 is 1.16 bits per heavy atom.